The SMILES string of the molecule is CCNCCNS(=O)(=O)c1c(Cl)cnn1C. The second kappa shape index (κ2) is 5.62. The monoisotopic (exact) mass is 266 g/mol. The molecule has 0 amide bonds. The second-order valence-corrected chi connectivity index (χ2v) is 5.26. The summed E-state index contributed by atoms with van der Waals surface area (Å²) in [4.78, 5) is 0. The molecule has 0 atom stereocenters. The van der Waals surface area contributed by atoms with Crippen LogP contribution in [-0.2, 0) is 17.1 Å². The molecule has 8 heteroatoms. The van der Waals surface area contributed by atoms with Gasteiger partial charge in [0.05, 0.1) is 11.2 Å². The van der Waals surface area contributed by atoms with E-state index in [1.807, 2.05) is 6.92 Å². The van der Waals surface area contributed by atoms with Crippen LogP contribution in [0, 0.1) is 0 Å². The minimum Gasteiger partial charge on any atom is -0.316 e. The van der Waals surface area contributed by atoms with Gasteiger partial charge >= 0.3 is 0 Å². The number of hydrogen-bond acceptors (Lipinski definition) is 4. The first-order valence-electron chi connectivity index (χ1n) is 4.87. The first-order valence-corrected chi connectivity index (χ1v) is 6.73. The highest BCUT2D eigenvalue weighted by atomic mass is 35.5. The third kappa shape index (κ3) is 3.18. The van der Waals surface area contributed by atoms with Crippen LogP contribution in [0.1, 0.15) is 6.92 Å². The highest BCUT2D eigenvalue weighted by molar-refractivity contribution is 7.89. The average molecular weight is 267 g/mol. The molecular weight excluding hydrogens is 252 g/mol. The number of rotatable bonds is 6. The lowest BCUT2D eigenvalue weighted by Gasteiger charge is -2.07. The number of aromatic nitrogens is 2. The van der Waals surface area contributed by atoms with Crippen LogP contribution >= 0.6 is 11.6 Å². The minimum absolute atomic E-state index is 0.00864. The zero-order chi connectivity index (χ0) is 12.2. The van der Waals surface area contributed by atoms with Crippen molar-refractivity contribution in [2.75, 3.05) is 19.6 Å². The molecule has 0 saturated heterocycles. The molecule has 0 aliphatic rings. The van der Waals surface area contributed by atoms with Crippen LogP contribution in [0.2, 0.25) is 5.02 Å². The lowest BCUT2D eigenvalue weighted by Crippen LogP contribution is -2.32. The molecule has 0 bridgehead atoms. The normalized spacial score (nSPS) is 11.9. The molecule has 92 valence electrons. The van der Waals surface area contributed by atoms with E-state index in [0.29, 0.717) is 13.1 Å². The van der Waals surface area contributed by atoms with Crippen LogP contribution in [0.15, 0.2) is 11.2 Å². The first-order chi connectivity index (χ1) is 7.49. The molecule has 0 aliphatic carbocycles. The summed E-state index contributed by atoms with van der Waals surface area (Å²) in [7, 11) is -2.05. The van der Waals surface area contributed by atoms with E-state index in [1.54, 1.807) is 0 Å². The van der Waals surface area contributed by atoms with E-state index in [1.165, 1.54) is 17.9 Å². The fourth-order valence-corrected chi connectivity index (χ4v) is 2.90. The largest absolute Gasteiger partial charge is 0.316 e. The van der Waals surface area contributed by atoms with Crippen molar-refractivity contribution >= 4 is 21.6 Å². The fourth-order valence-electron chi connectivity index (χ4n) is 1.22. The van der Waals surface area contributed by atoms with Crippen molar-refractivity contribution in [3.63, 3.8) is 0 Å². The Bertz CT molecular complexity index is 423. The van der Waals surface area contributed by atoms with E-state index < -0.39 is 10.0 Å². The third-order valence-corrected chi connectivity index (χ3v) is 3.91. The van der Waals surface area contributed by atoms with Gasteiger partial charge in [-0.2, -0.15) is 5.10 Å². The first kappa shape index (κ1) is 13.4. The topological polar surface area (TPSA) is 76.0 Å². The zero-order valence-corrected chi connectivity index (χ0v) is 10.8. The predicted molar refractivity (Wildman–Crippen MR) is 62.0 cm³/mol. The Hall–Kier alpha value is -0.630. The number of halogens is 1. The molecule has 0 fully saturated rings. The second-order valence-electron chi connectivity index (χ2n) is 3.17. The van der Waals surface area contributed by atoms with Crippen LogP contribution in [0.5, 0.6) is 0 Å². The number of sulfonamides is 1. The Balaban J connectivity index is 2.71. The Kier molecular flexibility index (Phi) is 4.72. The number of aryl methyl sites for hydroxylation is 1. The Morgan fingerprint density at radius 2 is 2.19 bits per heavy atom. The van der Waals surface area contributed by atoms with Gasteiger partial charge in [0.15, 0.2) is 5.03 Å². The Morgan fingerprint density at radius 3 is 2.69 bits per heavy atom. The van der Waals surface area contributed by atoms with Gasteiger partial charge in [-0.3, -0.25) is 4.68 Å². The lowest BCUT2D eigenvalue weighted by molar-refractivity contribution is 0.560. The molecule has 2 N–H and O–H groups in total. The van der Waals surface area contributed by atoms with Gasteiger partial charge in [-0.05, 0) is 6.54 Å². The summed E-state index contributed by atoms with van der Waals surface area (Å²) in [5, 5.41) is 6.90. The third-order valence-electron chi connectivity index (χ3n) is 1.94. The molecule has 16 heavy (non-hydrogen) atoms. The van der Waals surface area contributed by atoms with Gasteiger partial charge in [0.2, 0.25) is 0 Å². The van der Waals surface area contributed by atoms with E-state index in [9.17, 15) is 8.42 Å². The van der Waals surface area contributed by atoms with Crippen LogP contribution in [0.4, 0.5) is 0 Å². The molecule has 0 unspecified atom stereocenters. The van der Waals surface area contributed by atoms with Gasteiger partial charge in [-0.25, -0.2) is 13.1 Å². The van der Waals surface area contributed by atoms with E-state index in [4.69, 9.17) is 11.6 Å². The van der Waals surface area contributed by atoms with Crippen LogP contribution in [0.3, 0.4) is 0 Å². The van der Waals surface area contributed by atoms with Crippen molar-refractivity contribution in [2.24, 2.45) is 7.05 Å². The Labute approximate surface area is 100 Å². The summed E-state index contributed by atoms with van der Waals surface area (Å²) in [6, 6.07) is 0. The standard InChI is InChI=1S/C8H15ClN4O2S/c1-3-10-4-5-12-16(14,15)8-7(9)6-11-13(8)2/h6,10,12H,3-5H2,1-2H3. The summed E-state index contributed by atoms with van der Waals surface area (Å²) in [5.74, 6) is 0. The van der Waals surface area contributed by atoms with Gasteiger partial charge in [0, 0.05) is 20.1 Å². The molecule has 0 saturated carbocycles. The fraction of sp³-hybridized carbons (Fsp3) is 0.625. The molecule has 1 aromatic heterocycles. The molecule has 0 aromatic carbocycles. The molecule has 1 heterocycles. The van der Waals surface area contributed by atoms with E-state index in [-0.39, 0.29) is 10.0 Å². The predicted octanol–water partition coefficient (Wildman–Crippen LogP) is -0.0387. The van der Waals surface area contributed by atoms with Crippen molar-refractivity contribution in [1.82, 2.24) is 19.8 Å². The summed E-state index contributed by atoms with van der Waals surface area (Å²) in [5.41, 5.74) is 0. The zero-order valence-electron chi connectivity index (χ0n) is 9.20. The average Bonchev–Trinajstić information content (AvgIpc) is 2.54. The minimum atomic E-state index is -3.58. The van der Waals surface area contributed by atoms with Crippen LogP contribution in [-0.4, -0.2) is 37.8 Å². The van der Waals surface area contributed by atoms with Crippen molar-refractivity contribution in [3.8, 4) is 0 Å². The Morgan fingerprint density at radius 1 is 1.50 bits per heavy atom. The number of likely N-dealkylation sites (N-methyl/N-ethyl adjacent to an activating group) is 1. The van der Waals surface area contributed by atoms with E-state index >= 15 is 0 Å². The van der Waals surface area contributed by atoms with Gasteiger partial charge in [-0.1, -0.05) is 18.5 Å². The van der Waals surface area contributed by atoms with Gasteiger partial charge in [0.1, 0.15) is 0 Å². The highest BCUT2D eigenvalue weighted by Gasteiger charge is 2.21. The summed E-state index contributed by atoms with van der Waals surface area (Å²) < 4.78 is 27.3. The molecule has 1 rings (SSSR count). The van der Waals surface area contributed by atoms with Crippen molar-refractivity contribution in [1.29, 1.82) is 0 Å². The lowest BCUT2D eigenvalue weighted by atomic mass is 10.6. The molecule has 0 spiro atoms. The van der Waals surface area contributed by atoms with E-state index in [2.05, 4.69) is 15.1 Å². The maximum atomic E-state index is 11.8. The maximum absolute atomic E-state index is 11.8. The van der Waals surface area contributed by atoms with E-state index in [0.717, 1.165) is 6.54 Å². The molecule has 1 aromatic rings. The number of hydrogen-bond donors (Lipinski definition) is 2. The molecule has 6 nitrogen and oxygen atoms in total. The van der Waals surface area contributed by atoms with Gasteiger partial charge in [0.25, 0.3) is 10.0 Å². The van der Waals surface area contributed by atoms with Crippen molar-refractivity contribution < 1.29 is 8.42 Å². The molecule has 0 aliphatic heterocycles. The summed E-state index contributed by atoms with van der Waals surface area (Å²) in [6.07, 6.45) is 1.31. The van der Waals surface area contributed by atoms with Crippen LogP contribution < -0.4 is 10.0 Å². The molecule has 0 radical (unpaired) electrons. The smallest absolute Gasteiger partial charge is 0.259 e. The quantitative estimate of drug-likeness (QED) is 0.709. The number of nitrogens with zero attached hydrogens (tertiary/aromatic N) is 2. The number of nitrogens with one attached hydrogen (secondary N) is 2. The molecular formula is C8H15ClN4O2S. The van der Waals surface area contributed by atoms with Gasteiger partial charge in [-0.15, -0.1) is 0 Å². The summed E-state index contributed by atoms with van der Waals surface area (Å²) in [6.45, 7) is 3.64. The highest BCUT2D eigenvalue weighted by Crippen LogP contribution is 2.18. The maximum Gasteiger partial charge on any atom is 0.259 e. The van der Waals surface area contributed by atoms with Crippen molar-refractivity contribution in [2.45, 2.75) is 11.9 Å². The van der Waals surface area contributed by atoms with Gasteiger partial charge < -0.3 is 5.32 Å². The van der Waals surface area contributed by atoms with Crippen molar-refractivity contribution in [3.05, 3.63) is 11.2 Å². The van der Waals surface area contributed by atoms with Crippen LogP contribution in [0.25, 0.3) is 0 Å². The summed E-state index contributed by atoms with van der Waals surface area (Å²) >= 11 is 5.75.